The summed E-state index contributed by atoms with van der Waals surface area (Å²) in [7, 11) is 0. The molecule has 7 nitrogen and oxygen atoms in total. The van der Waals surface area contributed by atoms with Gasteiger partial charge in [-0.1, -0.05) is 6.07 Å². The molecule has 0 saturated heterocycles. The Morgan fingerprint density at radius 2 is 1.88 bits per heavy atom. The van der Waals surface area contributed by atoms with Crippen molar-refractivity contribution < 1.29 is 14.3 Å². The van der Waals surface area contributed by atoms with Gasteiger partial charge in [-0.2, -0.15) is 10.2 Å². The molecule has 0 saturated carbocycles. The van der Waals surface area contributed by atoms with E-state index in [9.17, 15) is 9.59 Å². The number of nitrogens with zero attached hydrogens (tertiary/aromatic N) is 3. The molecule has 0 radical (unpaired) electrons. The molecular weight excluding hydrogens is 320 g/mol. The van der Waals surface area contributed by atoms with Gasteiger partial charge in [0.2, 0.25) is 0 Å². The highest BCUT2D eigenvalue weighted by Crippen LogP contribution is 2.27. The van der Waals surface area contributed by atoms with Crippen LogP contribution in [0.15, 0.2) is 36.7 Å². The Labute approximate surface area is 146 Å². The van der Waals surface area contributed by atoms with Crippen molar-refractivity contribution >= 4 is 17.7 Å². The molecule has 0 atom stereocenters. The van der Waals surface area contributed by atoms with Crippen molar-refractivity contribution in [2.75, 3.05) is 5.32 Å². The van der Waals surface area contributed by atoms with E-state index in [2.05, 4.69) is 15.5 Å². The first-order valence-electron chi connectivity index (χ1n) is 7.99. The summed E-state index contributed by atoms with van der Waals surface area (Å²) in [5.74, 6) is -0.253. The third kappa shape index (κ3) is 4.12. The molecule has 1 aromatic heterocycles. The number of amides is 2. The number of rotatable bonds is 2. The minimum Gasteiger partial charge on any atom is -0.444 e. The van der Waals surface area contributed by atoms with Crippen molar-refractivity contribution in [1.82, 2.24) is 15.1 Å². The van der Waals surface area contributed by atoms with Crippen LogP contribution < -0.4 is 5.32 Å². The van der Waals surface area contributed by atoms with E-state index in [1.807, 2.05) is 39.0 Å². The van der Waals surface area contributed by atoms with E-state index in [0.29, 0.717) is 24.3 Å². The number of hydrogen-bond donors (Lipinski definition) is 1. The summed E-state index contributed by atoms with van der Waals surface area (Å²) in [6.45, 7) is 6.50. The molecule has 1 N–H and O–H groups in total. The lowest BCUT2D eigenvalue weighted by Crippen LogP contribution is -2.33. The van der Waals surface area contributed by atoms with Crippen LogP contribution in [0.3, 0.4) is 0 Å². The Kier molecular flexibility index (Phi) is 4.39. The fourth-order valence-electron chi connectivity index (χ4n) is 2.56. The number of anilines is 1. The van der Waals surface area contributed by atoms with Crippen LogP contribution in [0.5, 0.6) is 0 Å². The average molecular weight is 340 g/mol. The van der Waals surface area contributed by atoms with Gasteiger partial charge in [-0.15, -0.1) is 0 Å². The van der Waals surface area contributed by atoms with Crippen LogP contribution in [0.2, 0.25) is 0 Å². The van der Waals surface area contributed by atoms with E-state index in [4.69, 9.17) is 4.74 Å². The molecule has 130 valence electrons. The summed E-state index contributed by atoms with van der Waals surface area (Å²) in [5, 5.41) is 10.2. The van der Waals surface area contributed by atoms with Crippen LogP contribution in [-0.4, -0.2) is 32.7 Å². The Hall–Kier alpha value is -2.96. The number of benzene rings is 1. The fraction of sp³-hybridized carbons (Fsp3) is 0.333. The van der Waals surface area contributed by atoms with Gasteiger partial charge < -0.3 is 10.1 Å². The van der Waals surface area contributed by atoms with Gasteiger partial charge in [0.25, 0.3) is 5.91 Å². The third-order valence-corrected chi connectivity index (χ3v) is 3.68. The highest BCUT2D eigenvalue weighted by molar-refractivity contribution is 6.04. The molecule has 25 heavy (non-hydrogen) atoms. The number of fused-ring (bicyclic) bond motifs is 1. The molecule has 0 aliphatic carbocycles. The first kappa shape index (κ1) is 16.9. The van der Waals surface area contributed by atoms with Gasteiger partial charge in [0.15, 0.2) is 0 Å². The molecular formula is C18H20N4O3. The monoisotopic (exact) mass is 340 g/mol. The number of hydrogen-bond acceptors (Lipinski definition) is 5. The number of nitrogens with one attached hydrogen (secondary N) is 1. The lowest BCUT2D eigenvalue weighted by Gasteiger charge is -2.24. The molecule has 0 spiro atoms. The number of ether oxygens (including phenoxy) is 1. The third-order valence-electron chi connectivity index (χ3n) is 3.68. The Morgan fingerprint density at radius 3 is 2.56 bits per heavy atom. The summed E-state index contributed by atoms with van der Waals surface area (Å²) in [6.07, 6.45) is 2.54. The predicted octanol–water partition coefficient (Wildman–Crippen LogP) is 2.98. The van der Waals surface area contributed by atoms with E-state index >= 15 is 0 Å². The van der Waals surface area contributed by atoms with Crippen LogP contribution in [0, 0.1) is 0 Å². The summed E-state index contributed by atoms with van der Waals surface area (Å²) >= 11 is 0. The molecule has 0 unspecified atom stereocenters. The second-order valence-electron chi connectivity index (χ2n) is 6.91. The molecule has 3 rings (SSSR count). The Bertz CT molecular complexity index is 800. The molecule has 1 aliphatic rings. The van der Waals surface area contributed by atoms with Gasteiger partial charge in [-0.25, -0.2) is 4.79 Å². The van der Waals surface area contributed by atoms with Crippen LogP contribution in [0.25, 0.3) is 0 Å². The minimum absolute atomic E-state index is 0.253. The second kappa shape index (κ2) is 6.51. The SMILES string of the molecule is CC(C)(C)OC(=O)N1Cc2ccc(NC(=O)c3ccnnc3)cc2C1. The molecule has 1 aromatic carbocycles. The van der Waals surface area contributed by atoms with Crippen molar-refractivity contribution in [3.05, 3.63) is 53.3 Å². The van der Waals surface area contributed by atoms with Crippen molar-refractivity contribution in [3.63, 3.8) is 0 Å². The quantitative estimate of drug-likeness (QED) is 0.908. The van der Waals surface area contributed by atoms with Gasteiger partial charge >= 0.3 is 6.09 Å². The predicted molar refractivity (Wildman–Crippen MR) is 91.9 cm³/mol. The summed E-state index contributed by atoms with van der Waals surface area (Å²) in [6, 6.07) is 7.22. The topological polar surface area (TPSA) is 84.4 Å². The largest absolute Gasteiger partial charge is 0.444 e. The number of carbonyl (C=O) groups excluding carboxylic acids is 2. The van der Waals surface area contributed by atoms with E-state index < -0.39 is 5.60 Å². The highest BCUT2D eigenvalue weighted by atomic mass is 16.6. The van der Waals surface area contributed by atoms with Crippen molar-refractivity contribution in [3.8, 4) is 0 Å². The van der Waals surface area contributed by atoms with Gasteiger partial charge in [0.1, 0.15) is 5.60 Å². The summed E-state index contributed by atoms with van der Waals surface area (Å²) in [4.78, 5) is 26.0. The number of aromatic nitrogens is 2. The van der Waals surface area contributed by atoms with E-state index in [0.717, 1.165) is 11.1 Å². The maximum absolute atomic E-state index is 12.2. The van der Waals surface area contributed by atoms with Crippen LogP contribution in [-0.2, 0) is 17.8 Å². The maximum atomic E-state index is 12.2. The zero-order valence-electron chi connectivity index (χ0n) is 14.4. The van der Waals surface area contributed by atoms with Crippen molar-refractivity contribution in [2.45, 2.75) is 39.5 Å². The Balaban J connectivity index is 1.68. The zero-order chi connectivity index (χ0) is 18.0. The van der Waals surface area contributed by atoms with Gasteiger partial charge in [0, 0.05) is 18.8 Å². The van der Waals surface area contributed by atoms with Gasteiger partial charge in [0.05, 0.1) is 18.0 Å². The normalized spacial score (nSPS) is 13.3. The molecule has 2 amide bonds. The lowest BCUT2D eigenvalue weighted by atomic mass is 10.1. The van der Waals surface area contributed by atoms with Crippen molar-refractivity contribution in [1.29, 1.82) is 0 Å². The highest BCUT2D eigenvalue weighted by Gasteiger charge is 2.27. The summed E-state index contributed by atoms with van der Waals surface area (Å²) < 4.78 is 5.41. The van der Waals surface area contributed by atoms with Gasteiger partial charge in [-0.3, -0.25) is 9.69 Å². The standard InChI is InChI=1S/C18H20N4O3/c1-18(2,3)25-17(24)22-10-13-4-5-15(8-14(13)11-22)21-16(23)12-6-7-19-20-9-12/h4-9H,10-11H2,1-3H3,(H,21,23). The van der Waals surface area contributed by atoms with Crippen LogP contribution in [0.1, 0.15) is 42.3 Å². The van der Waals surface area contributed by atoms with E-state index in [1.54, 1.807) is 11.0 Å². The lowest BCUT2D eigenvalue weighted by molar-refractivity contribution is 0.0241. The van der Waals surface area contributed by atoms with Crippen LogP contribution >= 0.6 is 0 Å². The van der Waals surface area contributed by atoms with Crippen LogP contribution in [0.4, 0.5) is 10.5 Å². The first-order chi connectivity index (χ1) is 11.8. The average Bonchev–Trinajstić information content (AvgIpc) is 2.97. The Morgan fingerprint density at radius 1 is 1.12 bits per heavy atom. The molecule has 7 heteroatoms. The van der Waals surface area contributed by atoms with E-state index in [-0.39, 0.29) is 12.0 Å². The molecule has 1 aliphatic heterocycles. The van der Waals surface area contributed by atoms with Gasteiger partial charge in [-0.05, 0) is 50.1 Å². The molecule has 2 heterocycles. The first-order valence-corrected chi connectivity index (χ1v) is 7.99. The zero-order valence-corrected chi connectivity index (χ0v) is 14.4. The fourth-order valence-corrected chi connectivity index (χ4v) is 2.56. The minimum atomic E-state index is -0.524. The summed E-state index contributed by atoms with van der Waals surface area (Å²) in [5.41, 5.74) is 2.63. The molecule has 0 fully saturated rings. The molecule has 2 aromatic rings. The second-order valence-corrected chi connectivity index (χ2v) is 6.91. The maximum Gasteiger partial charge on any atom is 0.410 e. The smallest absolute Gasteiger partial charge is 0.410 e. The number of carbonyl (C=O) groups is 2. The van der Waals surface area contributed by atoms with E-state index in [1.165, 1.54) is 12.4 Å². The van der Waals surface area contributed by atoms with Crippen molar-refractivity contribution in [2.24, 2.45) is 0 Å². The molecule has 0 bridgehead atoms.